The molecule has 30 heavy (non-hydrogen) atoms. The molecule has 0 radical (unpaired) electrons. The first kappa shape index (κ1) is 23.3. The second-order valence-corrected chi connectivity index (χ2v) is 8.39. The van der Waals surface area contributed by atoms with Gasteiger partial charge in [-0.05, 0) is 29.8 Å². The number of aliphatic carboxylic acids is 2. The van der Waals surface area contributed by atoms with Crippen molar-refractivity contribution in [3.05, 3.63) is 60.2 Å². The van der Waals surface area contributed by atoms with Gasteiger partial charge in [-0.2, -0.15) is 4.31 Å². The Hall–Kier alpha value is -2.95. The Labute approximate surface area is 175 Å². The topological polar surface area (TPSA) is 124 Å². The van der Waals surface area contributed by atoms with Crippen LogP contribution in [0.25, 0.3) is 0 Å². The average Bonchev–Trinajstić information content (AvgIpc) is 2.75. The molecule has 1 aliphatic heterocycles. The van der Waals surface area contributed by atoms with Crippen molar-refractivity contribution in [3.8, 4) is 5.75 Å². The van der Waals surface area contributed by atoms with E-state index in [0.717, 1.165) is 25.4 Å². The molecule has 0 aliphatic carbocycles. The molecule has 1 fully saturated rings. The number of sulfonamides is 1. The zero-order chi connectivity index (χ0) is 22.1. The second kappa shape index (κ2) is 10.7. The van der Waals surface area contributed by atoms with E-state index in [1.54, 1.807) is 35.7 Å². The molecule has 2 aromatic rings. The maximum absolute atomic E-state index is 12.6. The van der Waals surface area contributed by atoms with E-state index in [1.807, 2.05) is 24.3 Å². The molecule has 1 aliphatic rings. The Kier molecular flexibility index (Phi) is 8.34. The minimum absolute atomic E-state index is 0.367. The van der Waals surface area contributed by atoms with Crippen LogP contribution in [-0.4, -0.2) is 73.1 Å². The summed E-state index contributed by atoms with van der Waals surface area (Å²) in [6, 6.07) is 16.6. The number of hydrogen-bond donors (Lipinski definition) is 2. The van der Waals surface area contributed by atoms with E-state index in [9.17, 15) is 8.42 Å². The SMILES string of the molecule is COc1cccc(CN2CCN(S(=O)(=O)c3ccccc3)CC2)c1.O=C(O)C(=O)O. The minimum atomic E-state index is -3.38. The number of rotatable bonds is 5. The van der Waals surface area contributed by atoms with Gasteiger partial charge >= 0.3 is 11.9 Å². The van der Waals surface area contributed by atoms with Gasteiger partial charge in [-0.25, -0.2) is 18.0 Å². The van der Waals surface area contributed by atoms with Crippen molar-refractivity contribution < 1.29 is 33.0 Å². The molecule has 0 saturated carbocycles. The van der Waals surface area contributed by atoms with Crippen LogP contribution in [0.5, 0.6) is 5.75 Å². The van der Waals surface area contributed by atoms with Crippen molar-refractivity contribution >= 4 is 22.0 Å². The first-order chi connectivity index (χ1) is 14.2. The third-order valence-electron chi connectivity index (χ3n) is 4.44. The molecule has 1 heterocycles. The van der Waals surface area contributed by atoms with E-state index < -0.39 is 22.0 Å². The summed E-state index contributed by atoms with van der Waals surface area (Å²) in [4.78, 5) is 20.8. The summed E-state index contributed by atoms with van der Waals surface area (Å²) in [6.45, 7) is 3.28. The average molecular weight is 436 g/mol. The van der Waals surface area contributed by atoms with Gasteiger partial charge in [0.05, 0.1) is 12.0 Å². The number of piperazine rings is 1. The Balaban J connectivity index is 0.000000469. The van der Waals surface area contributed by atoms with Gasteiger partial charge in [0.2, 0.25) is 10.0 Å². The van der Waals surface area contributed by atoms with Crippen LogP contribution in [-0.2, 0) is 26.2 Å². The third-order valence-corrected chi connectivity index (χ3v) is 6.35. The van der Waals surface area contributed by atoms with Gasteiger partial charge in [0.15, 0.2) is 0 Å². The highest BCUT2D eigenvalue weighted by atomic mass is 32.2. The van der Waals surface area contributed by atoms with Crippen LogP contribution in [0.4, 0.5) is 0 Å². The number of nitrogens with zero attached hydrogens (tertiary/aromatic N) is 2. The molecule has 10 heteroatoms. The number of hydrogen-bond acceptors (Lipinski definition) is 6. The number of methoxy groups -OCH3 is 1. The molecule has 9 nitrogen and oxygen atoms in total. The number of carbonyl (C=O) groups is 2. The van der Waals surface area contributed by atoms with Crippen LogP contribution in [0.2, 0.25) is 0 Å². The molecule has 162 valence electrons. The van der Waals surface area contributed by atoms with E-state index >= 15 is 0 Å². The van der Waals surface area contributed by atoms with Crippen LogP contribution in [0.15, 0.2) is 59.5 Å². The van der Waals surface area contributed by atoms with E-state index in [0.29, 0.717) is 18.0 Å². The van der Waals surface area contributed by atoms with Crippen LogP contribution < -0.4 is 4.74 Å². The third kappa shape index (κ3) is 6.55. The fourth-order valence-corrected chi connectivity index (χ4v) is 4.34. The molecule has 1 saturated heterocycles. The number of benzene rings is 2. The first-order valence-electron chi connectivity index (χ1n) is 9.10. The lowest BCUT2D eigenvalue weighted by Crippen LogP contribution is -2.48. The first-order valence-corrected chi connectivity index (χ1v) is 10.5. The van der Waals surface area contributed by atoms with E-state index in [2.05, 4.69) is 11.0 Å². The standard InChI is InChI=1S/C18H22N2O3S.C2H2O4/c1-23-17-7-5-6-16(14-17)15-19-10-12-20(13-11-19)24(21,22)18-8-3-2-4-9-18;3-1(4)2(5)6/h2-9,14H,10-13,15H2,1H3;(H,3,4)(H,5,6). The molecule has 2 aromatic carbocycles. The summed E-state index contributed by atoms with van der Waals surface area (Å²) < 4.78 is 32.1. The van der Waals surface area contributed by atoms with Crippen molar-refractivity contribution in [1.82, 2.24) is 9.21 Å². The molecule has 0 aromatic heterocycles. The largest absolute Gasteiger partial charge is 0.497 e. The molecule has 0 atom stereocenters. The van der Waals surface area contributed by atoms with Gasteiger partial charge in [-0.3, -0.25) is 4.90 Å². The molecule has 0 bridgehead atoms. The predicted molar refractivity (Wildman–Crippen MR) is 109 cm³/mol. The highest BCUT2D eigenvalue weighted by Gasteiger charge is 2.28. The molecular formula is C20H24N2O7S. The summed E-state index contributed by atoms with van der Waals surface area (Å²) in [5.41, 5.74) is 1.17. The zero-order valence-corrected chi connectivity index (χ0v) is 17.3. The second-order valence-electron chi connectivity index (χ2n) is 6.46. The van der Waals surface area contributed by atoms with Gasteiger partial charge in [0, 0.05) is 32.7 Å². The van der Waals surface area contributed by atoms with Crippen molar-refractivity contribution in [3.63, 3.8) is 0 Å². The lowest BCUT2D eigenvalue weighted by atomic mass is 10.2. The van der Waals surface area contributed by atoms with Crippen LogP contribution in [0.3, 0.4) is 0 Å². The maximum Gasteiger partial charge on any atom is 0.414 e. The van der Waals surface area contributed by atoms with Crippen molar-refractivity contribution in [2.75, 3.05) is 33.3 Å². The van der Waals surface area contributed by atoms with Gasteiger partial charge < -0.3 is 14.9 Å². The highest BCUT2D eigenvalue weighted by Crippen LogP contribution is 2.19. The molecule has 3 rings (SSSR count). The minimum Gasteiger partial charge on any atom is -0.497 e. The Morgan fingerprint density at radius 3 is 2.07 bits per heavy atom. The zero-order valence-electron chi connectivity index (χ0n) is 16.5. The lowest BCUT2D eigenvalue weighted by molar-refractivity contribution is -0.159. The highest BCUT2D eigenvalue weighted by molar-refractivity contribution is 7.89. The summed E-state index contributed by atoms with van der Waals surface area (Å²) in [6.07, 6.45) is 0. The van der Waals surface area contributed by atoms with Gasteiger partial charge in [0.1, 0.15) is 5.75 Å². The monoisotopic (exact) mass is 436 g/mol. The van der Waals surface area contributed by atoms with Crippen molar-refractivity contribution in [1.29, 1.82) is 0 Å². The van der Waals surface area contributed by atoms with Crippen LogP contribution in [0.1, 0.15) is 5.56 Å². The Morgan fingerprint density at radius 1 is 0.933 bits per heavy atom. The molecule has 2 N–H and O–H groups in total. The number of carboxylic acid groups (broad SMARTS) is 2. The fraction of sp³-hybridized carbons (Fsp3) is 0.300. The van der Waals surface area contributed by atoms with Gasteiger partial charge in [-0.1, -0.05) is 30.3 Å². The quantitative estimate of drug-likeness (QED) is 0.673. The summed E-state index contributed by atoms with van der Waals surface area (Å²) in [7, 11) is -1.72. The fourth-order valence-electron chi connectivity index (χ4n) is 2.90. The van der Waals surface area contributed by atoms with Crippen LogP contribution >= 0.6 is 0 Å². The van der Waals surface area contributed by atoms with E-state index in [1.165, 1.54) is 5.56 Å². The molecule has 0 spiro atoms. The summed E-state index contributed by atoms with van der Waals surface area (Å²) in [5, 5.41) is 14.8. The Morgan fingerprint density at radius 2 is 1.53 bits per heavy atom. The molecular weight excluding hydrogens is 412 g/mol. The van der Waals surface area contributed by atoms with Crippen molar-refractivity contribution in [2.45, 2.75) is 11.4 Å². The number of carboxylic acids is 2. The Bertz CT molecular complexity index is 944. The van der Waals surface area contributed by atoms with Gasteiger partial charge in [0.25, 0.3) is 0 Å². The van der Waals surface area contributed by atoms with E-state index in [4.69, 9.17) is 24.5 Å². The van der Waals surface area contributed by atoms with Crippen molar-refractivity contribution in [2.24, 2.45) is 0 Å². The smallest absolute Gasteiger partial charge is 0.414 e. The normalized spacial score (nSPS) is 15.0. The predicted octanol–water partition coefficient (Wildman–Crippen LogP) is 1.36. The summed E-state index contributed by atoms with van der Waals surface area (Å²) in [5.74, 6) is -2.80. The van der Waals surface area contributed by atoms with Crippen LogP contribution in [0, 0.1) is 0 Å². The lowest BCUT2D eigenvalue weighted by Gasteiger charge is -2.34. The summed E-state index contributed by atoms with van der Waals surface area (Å²) >= 11 is 0. The van der Waals surface area contributed by atoms with E-state index in [-0.39, 0.29) is 0 Å². The molecule has 0 amide bonds. The number of ether oxygens (including phenoxy) is 1. The molecule has 0 unspecified atom stereocenters. The maximum atomic E-state index is 12.6. The van der Waals surface area contributed by atoms with Gasteiger partial charge in [-0.15, -0.1) is 0 Å².